The van der Waals surface area contributed by atoms with Crippen LogP contribution in [-0.2, 0) is 4.79 Å². The van der Waals surface area contributed by atoms with Crippen LogP contribution in [0.15, 0.2) is 39.9 Å². The third-order valence-corrected chi connectivity index (χ3v) is 4.57. The molecule has 2 aromatic heterocycles. The summed E-state index contributed by atoms with van der Waals surface area (Å²) in [6.45, 7) is 2.06. The molecule has 0 unspecified atom stereocenters. The van der Waals surface area contributed by atoms with Crippen LogP contribution >= 0.6 is 11.3 Å². The van der Waals surface area contributed by atoms with Crippen molar-refractivity contribution in [1.29, 1.82) is 0 Å². The van der Waals surface area contributed by atoms with Crippen molar-refractivity contribution in [2.24, 2.45) is 5.10 Å². The van der Waals surface area contributed by atoms with Crippen LogP contribution in [0, 0.1) is 6.92 Å². The molecule has 0 radical (unpaired) electrons. The van der Waals surface area contributed by atoms with E-state index < -0.39 is 0 Å². The summed E-state index contributed by atoms with van der Waals surface area (Å²) in [6, 6.07) is 9.90. The fraction of sp³-hybridized carbons (Fsp3) is 0.188. The highest BCUT2D eigenvalue weighted by atomic mass is 32.1. The van der Waals surface area contributed by atoms with Gasteiger partial charge in [-0.2, -0.15) is 5.10 Å². The maximum Gasteiger partial charge on any atom is 0.240 e. The van der Waals surface area contributed by atoms with Gasteiger partial charge in [-0.25, -0.2) is 10.4 Å². The van der Waals surface area contributed by atoms with Crippen molar-refractivity contribution in [3.05, 3.63) is 40.8 Å². The Balaban J connectivity index is 1.73. The average Bonchev–Trinajstić information content (AvgIpc) is 3.13. The normalized spacial score (nSPS) is 15.0. The molecule has 1 N–H and O–H groups in total. The van der Waals surface area contributed by atoms with Crippen LogP contribution in [0.5, 0.6) is 0 Å². The number of thiophene rings is 1. The first kappa shape index (κ1) is 13.2. The summed E-state index contributed by atoms with van der Waals surface area (Å²) in [7, 11) is 0. The maximum atomic E-state index is 11.2. The molecule has 1 aliphatic heterocycles. The van der Waals surface area contributed by atoms with Crippen LogP contribution < -0.4 is 5.43 Å². The van der Waals surface area contributed by atoms with Crippen LogP contribution in [-0.4, -0.2) is 16.6 Å². The molecule has 22 heavy (non-hydrogen) atoms. The highest BCUT2D eigenvalue weighted by Gasteiger charge is 2.15. The van der Waals surface area contributed by atoms with Crippen molar-refractivity contribution in [2.45, 2.75) is 19.8 Å². The Bertz CT molecular complexity index is 907. The SMILES string of the molecule is Cc1ccc(-c2nc3ccc(C4=NNC(=O)CC4)cc3o2)s1. The molecule has 0 saturated carbocycles. The molecule has 110 valence electrons. The molecule has 1 aromatic carbocycles. The number of hydrogen-bond donors (Lipinski definition) is 1. The molecule has 0 spiro atoms. The van der Waals surface area contributed by atoms with E-state index in [0.29, 0.717) is 18.7 Å². The molecule has 1 amide bonds. The fourth-order valence-corrected chi connectivity index (χ4v) is 3.24. The van der Waals surface area contributed by atoms with E-state index >= 15 is 0 Å². The van der Waals surface area contributed by atoms with Crippen molar-refractivity contribution >= 4 is 34.1 Å². The van der Waals surface area contributed by atoms with E-state index in [-0.39, 0.29) is 5.91 Å². The topological polar surface area (TPSA) is 67.5 Å². The molecule has 1 aliphatic rings. The van der Waals surface area contributed by atoms with Gasteiger partial charge in [0.05, 0.1) is 10.6 Å². The number of fused-ring (bicyclic) bond motifs is 1. The van der Waals surface area contributed by atoms with Gasteiger partial charge in [0.15, 0.2) is 5.58 Å². The quantitative estimate of drug-likeness (QED) is 0.788. The third-order valence-electron chi connectivity index (χ3n) is 3.58. The van der Waals surface area contributed by atoms with Gasteiger partial charge in [0, 0.05) is 23.3 Å². The Kier molecular flexibility index (Phi) is 3.04. The van der Waals surface area contributed by atoms with Gasteiger partial charge in [-0.3, -0.25) is 4.79 Å². The molecule has 0 atom stereocenters. The molecule has 6 heteroatoms. The zero-order chi connectivity index (χ0) is 15.1. The standard InChI is InChI=1S/C16H13N3O2S/c1-9-2-6-14(22-9)16-17-12-4-3-10(8-13(12)21-16)11-5-7-15(20)19-18-11/h2-4,6,8H,5,7H2,1H3,(H,19,20). The molecule has 5 nitrogen and oxygen atoms in total. The molecule has 3 aromatic rings. The summed E-state index contributed by atoms with van der Waals surface area (Å²) in [6.07, 6.45) is 1.11. The first-order valence-electron chi connectivity index (χ1n) is 7.02. The highest BCUT2D eigenvalue weighted by Crippen LogP contribution is 2.30. The molecule has 4 rings (SSSR count). The van der Waals surface area contributed by atoms with Gasteiger partial charge in [-0.1, -0.05) is 6.07 Å². The van der Waals surface area contributed by atoms with Gasteiger partial charge in [0.2, 0.25) is 11.8 Å². The number of benzene rings is 1. The summed E-state index contributed by atoms with van der Waals surface area (Å²) in [5.74, 6) is 0.601. The van der Waals surface area contributed by atoms with Gasteiger partial charge in [-0.05, 0) is 31.2 Å². The van der Waals surface area contributed by atoms with Crippen molar-refractivity contribution in [3.63, 3.8) is 0 Å². The van der Waals surface area contributed by atoms with Crippen molar-refractivity contribution in [2.75, 3.05) is 0 Å². The number of rotatable bonds is 2. The monoisotopic (exact) mass is 311 g/mol. The summed E-state index contributed by atoms with van der Waals surface area (Å²) in [5, 5.41) is 4.11. The first-order valence-corrected chi connectivity index (χ1v) is 7.84. The highest BCUT2D eigenvalue weighted by molar-refractivity contribution is 7.15. The minimum Gasteiger partial charge on any atom is -0.435 e. The van der Waals surface area contributed by atoms with Crippen LogP contribution in [0.4, 0.5) is 0 Å². The predicted octanol–water partition coefficient (Wildman–Crippen LogP) is 3.48. The average molecular weight is 311 g/mol. The number of carbonyl (C=O) groups is 1. The predicted molar refractivity (Wildman–Crippen MR) is 86.0 cm³/mol. The Hall–Kier alpha value is -2.47. The Morgan fingerprint density at radius 2 is 2.14 bits per heavy atom. The van der Waals surface area contributed by atoms with E-state index in [2.05, 4.69) is 28.5 Å². The number of amides is 1. The number of hydrazone groups is 1. The number of nitrogens with zero attached hydrogens (tertiary/aromatic N) is 2. The second-order valence-electron chi connectivity index (χ2n) is 5.21. The molecule has 0 saturated heterocycles. The lowest BCUT2D eigenvalue weighted by atomic mass is 10.0. The Morgan fingerprint density at radius 1 is 1.23 bits per heavy atom. The van der Waals surface area contributed by atoms with Crippen molar-refractivity contribution in [3.8, 4) is 10.8 Å². The summed E-state index contributed by atoms with van der Waals surface area (Å²) >= 11 is 1.66. The molecule has 0 fully saturated rings. The van der Waals surface area contributed by atoms with E-state index in [0.717, 1.165) is 27.3 Å². The zero-order valence-corrected chi connectivity index (χ0v) is 12.7. The van der Waals surface area contributed by atoms with Crippen molar-refractivity contribution < 1.29 is 9.21 Å². The van der Waals surface area contributed by atoms with E-state index in [1.807, 2.05) is 24.3 Å². The van der Waals surface area contributed by atoms with Crippen LogP contribution in [0.2, 0.25) is 0 Å². The van der Waals surface area contributed by atoms with E-state index in [1.54, 1.807) is 11.3 Å². The van der Waals surface area contributed by atoms with E-state index in [4.69, 9.17) is 4.42 Å². The lowest BCUT2D eigenvalue weighted by Crippen LogP contribution is -2.25. The zero-order valence-electron chi connectivity index (χ0n) is 11.9. The Labute approximate surface area is 130 Å². The first-order chi connectivity index (χ1) is 10.7. The maximum absolute atomic E-state index is 11.2. The molecule has 0 aliphatic carbocycles. The Morgan fingerprint density at radius 3 is 2.86 bits per heavy atom. The lowest BCUT2D eigenvalue weighted by molar-refractivity contribution is -0.121. The third kappa shape index (κ3) is 2.31. The van der Waals surface area contributed by atoms with Gasteiger partial charge >= 0.3 is 0 Å². The lowest BCUT2D eigenvalue weighted by Gasteiger charge is -2.11. The molecule has 0 bridgehead atoms. The second-order valence-corrected chi connectivity index (χ2v) is 6.49. The largest absolute Gasteiger partial charge is 0.435 e. The molecular weight excluding hydrogens is 298 g/mol. The van der Waals surface area contributed by atoms with Crippen LogP contribution in [0.1, 0.15) is 23.3 Å². The molecule has 3 heterocycles. The van der Waals surface area contributed by atoms with Gasteiger partial charge in [0.1, 0.15) is 5.52 Å². The van der Waals surface area contributed by atoms with Crippen LogP contribution in [0.3, 0.4) is 0 Å². The number of oxazole rings is 1. The summed E-state index contributed by atoms with van der Waals surface area (Å²) < 4.78 is 5.88. The summed E-state index contributed by atoms with van der Waals surface area (Å²) in [4.78, 5) is 18.0. The summed E-state index contributed by atoms with van der Waals surface area (Å²) in [5.41, 5.74) is 5.90. The fourth-order valence-electron chi connectivity index (χ4n) is 2.44. The second kappa shape index (κ2) is 5.06. The van der Waals surface area contributed by atoms with Crippen LogP contribution in [0.25, 0.3) is 21.9 Å². The van der Waals surface area contributed by atoms with Gasteiger partial charge in [0.25, 0.3) is 0 Å². The number of carbonyl (C=O) groups excluding carboxylic acids is 1. The number of aryl methyl sites for hydroxylation is 1. The minimum atomic E-state index is -0.0418. The van der Waals surface area contributed by atoms with Gasteiger partial charge < -0.3 is 4.42 Å². The van der Waals surface area contributed by atoms with Gasteiger partial charge in [-0.15, -0.1) is 11.3 Å². The van der Waals surface area contributed by atoms with Crippen molar-refractivity contribution in [1.82, 2.24) is 10.4 Å². The molecular formula is C16H13N3O2S. The number of hydrogen-bond acceptors (Lipinski definition) is 5. The number of aromatic nitrogens is 1. The van der Waals surface area contributed by atoms with E-state index in [9.17, 15) is 4.79 Å². The number of nitrogens with one attached hydrogen (secondary N) is 1. The smallest absolute Gasteiger partial charge is 0.240 e. The van der Waals surface area contributed by atoms with E-state index in [1.165, 1.54) is 4.88 Å². The minimum absolute atomic E-state index is 0.0418.